The second kappa shape index (κ2) is 15.9. The summed E-state index contributed by atoms with van der Waals surface area (Å²) in [7, 11) is 8.97. The zero-order valence-corrected chi connectivity index (χ0v) is 30.3. The molecule has 5 heterocycles. The average Bonchev–Trinajstić information content (AvgIpc) is 3.90. The van der Waals surface area contributed by atoms with E-state index in [9.17, 15) is 14.4 Å². The number of imidazole rings is 3. The molecule has 278 valence electrons. The van der Waals surface area contributed by atoms with Gasteiger partial charge in [0.15, 0.2) is 5.82 Å². The van der Waals surface area contributed by atoms with Crippen LogP contribution in [-0.2, 0) is 35.2 Å². The summed E-state index contributed by atoms with van der Waals surface area (Å²) < 4.78 is 8.65. The largest absolute Gasteiger partial charge is 0.382 e. The molecule has 0 aromatic carbocycles. The fourth-order valence-corrected chi connectivity index (χ4v) is 5.64. The van der Waals surface area contributed by atoms with Crippen molar-refractivity contribution in [3.63, 3.8) is 0 Å². The summed E-state index contributed by atoms with van der Waals surface area (Å²) in [6.45, 7) is 2.98. The first-order valence-electron chi connectivity index (χ1n) is 16.8. The lowest BCUT2D eigenvalue weighted by Gasteiger charge is -2.10. The number of carbonyl (C=O) groups excluding carboxylic acids is 3. The first-order valence-corrected chi connectivity index (χ1v) is 16.8. The molecule has 52 heavy (non-hydrogen) atoms. The van der Waals surface area contributed by atoms with Gasteiger partial charge >= 0.3 is 0 Å². The molecule has 0 fully saturated rings. The summed E-state index contributed by atoms with van der Waals surface area (Å²) in [6, 6.07) is 2.57. The van der Waals surface area contributed by atoms with Crippen molar-refractivity contribution in [2.75, 3.05) is 36.0 Å². The number of carbonyl (C=O) groups is 3. The Morgan fingerprint density at radius 1 is 0.635 bits per heavy atom. The van der Waals surface area contributed by atoms with Crippen LogP contribution < -0.4 is 43.8 Å². The molecule has 0 bridgehead atoms. The second-order valence-electron chi connectivity index (χ2n) is 12.7. The van der Waals surface area contributed by atoms with Crippen LogP contribution >= 0.6 is 0 Å². The van der Waals surface area contributed by atoms with Crippen molar-refractivity contribution in [2.45, 2.75) is 31.8 Å². The second-order valence-corrected chi connectivity index (χ2v) is 12.7. The lowest BCUT2D eigenvalue weighted by Crippen LogP contribution is -2.28. The number of nitrogens with zero attached hydrogens (tertiary/aromatic N) is 8. The maximum absolute atomic E-state index is 13.0. The predicted molar refractivity (Wildman–Crippen MR) is 197 cm³/mol. The lowest BCUT2D eigenvalue weighted by molar-refractivity contribution is 0.0935. The number of amides is 3. The zero-order valence-electron chi connectivity index (χ0n) is 30.3. The van der Waals surface area contributed by atoms with Gasteiger partial charge in [0.1, 0.15) is 17.2 Å². The highest BCUT2D eigenvalue weighted by Gasteiger charge is 2.20. The molecule has 0 radical (unpaired) electrons. The molecule has 0 saturated carbocycles. The summed E-state index contributed by atoms with van der Waals surface area (Å²) in [5, 5.41) is 15.0. The van der Waals surface area contributed by atoms with Gasteiger partial charge in [-0.3, -0.25) is 14.4 Å². The fourth-order valence-electron chi connectivity index (χ4n) is 5.64. The predicted octanol–water partition coefficient (Wildman–Crippen LogP) is 1.02. The molecular weight excluding hydrogens is 668 g/mol. The van der Waals surface area contributed by atoms with Crippen molar-refractivity contribution in [2.24, 2.45) is 46.7 Å². The Morgan fingerprint density at radius 2 is 1.12 bits per heavy atom. The van der Waals surface area contributed by atoms with Crippen LogP contribution in [0, 0.1) is 0 Å². The van der Waals surface area contributed by atoms with Crippen LogP contribution in [0.2, 0.25) is 0 Å². The van der Waals surface area contributed by atoms with Crippen LogP contribution in [0.1, 0.15) is 74.8 Å². The summed E-state index contributed by atoms with van der Waals surface area (Å²) >= 11 is 0. The van der Waals surface area contributed by atoms with Gasteiger partial charge in [0.2, 0.25) is 11.9 Å². The molecule has 2 unspecified atom stereocenters. The highest BCUT2D eigenvalue weighted by molar-refractivity contribution is 5.94. The van der Waals surface area contributed by atoms with Gasteiger partial charge in [-0.15, -0.1) is 0 Å². The Kier molecular flexibility index (Phi) is 11.3. The summed E-state index contributed by atoms with van der Waals surface area (Å²) in [5.41, 5.74) is 22.0. The van der Waals surface area contributed by atoms with Gasteiger partial charge in [-0.25, -0.2) is 9.97 Å². The van der Waals surface area contributed by atoms with E-state index in [2.05, 4.69) is 41.5 Å². The molecule has 2 atom stereocenters. The maximum atomic E-state index is 13.0. The van der Waals surface area contributed by atoms with E-state index in [1.54, 1.807) is 76.3 Å². The number of rotatable bonds is 16. The molecule has 3 amide bonds. The van der Waals surface area contributed by atoms with E-state index in [0.717, 1.165) is 0 Å². The van der Waals surface area contributed by atoms with Crippen molar-refractivity contribution in [3.8, 4) is 0 Å². The van der Waals surface area contributed by atoms with Gasteiger partial charge in [-0.05, 0) is 31.9 Å². The standard InChI is InChI=1S/C33H48N16O3/c1-7-37-31(52)28-42-23(16-47(28)4)21(34)8-10-38-29(50)25-12-19(14-45(25)2)40-32-43-24(17-48(32)5)22(35)9-11-39-30(51)26-13-20(15-46(26)3)41-33-44-27(36)18-49(33)6/h12-18,21-22H,7-11,34-36H2,1-6H3,(H,37,52)(H,38,50)(H,39,51)(H,40,43)(H,41,44). The van der Waals surface area contributed by atoms with E-state index in [1.165, 1.54) is 0 Å². The van der Waals surface area contributed by atoms with Gasteiger partial charge in [0.25, 0.3) is 17.7 Å². The van der Waals surface area contributed by atoms with Gasteiger partial charge in [0.05, 0.1) is 34.8 Å². The Labute approximate surface area is 301 Å². The minimum Gasteiger partial charge on any atom is -0.382 e. The minimum absolute atomic E-state index is 0.239. The molecule has 0 saturated heterocycles. The molecule has 0 aliphatic carbocycles. The molecular formula is C33H48N16O3. The number of nitrogen functional groups attached to an aromatic ring is 1. The van der Waals surface area contributed by atoms with Crippen molar-refractivity contribution < 1.29 is 14.4 Å². The van der Waals surface area contributed by atoms with Crippen LogP contribution in [0.3, 0.4) is 0 Å². The molecule has 11 N–H and O–H groups in total. The Bertz CT molecular complexity index is 2050. The Hall–Kier alpha value is -6.08. The zero-order chi connectivity index (χ0) is 37.7. The molecule has 5 aromatic rings. The normalized spacial score (nSPS) is 12.4. The van der Waals surface area contributed by atoms with Gasteiger partial charge in [-0.1, -0.05) is 0 Å². The summed E-state index contributed by atoms with van der Waals surface area (Å²) in [6.07, 6.45) is 9.72. The number of aromatic nitrogens is 8. The average molecular weight is 717 g/mol. The van der Waals surface area contributed by atoms with Gasteiger partial charge < -0.3 is 66.6 Å². The van der Waals surface area contributed by atoms with Crippen LogP contribution in [-0.4, -0.2) is 75.1 Å². The molecule has 19 nitrogen and oxygen atoms in total. The first-order chi connectivity index (χ1) is 24.7. The summed E-state index contributed by atoms with van der Waals surface area (Å²) in [5.74, 6) is 1.01. The molecule has 5 rings (SSSR count). The first kappa shape index (κ1) is 37.2. The van der Waals surface area contributed by atoms with E-state index < -0.39 is 12.1 Å². The van der Waals surface area contributed by atoms with Crippen LogP contribution in [0.25, 0.3) is 0 Å². The van der Waals surface area contributed by atoms with E-state index in [-0.39, 0.29) is 23.5 Å². The third-order valence-corrected chi connectivity index (χ3v) is 8.45. The van der Waals surface area contributed by atoms with Gasteiger partial charge in [-0.2, -0.15) is 4.98 Å². The van der Waals surface area contributed by atoms with E-state index in [4.69, 9.17) is 17.2 Å². The van der Waals surface area contributed by atoms with Crippen LogP contribution in [0.4, 0.5) is 29.1 Å². The van der Waals surface area contributed by atoms with E-state index >= 15 is 0 Å². The molecule has 0 spiro atoms. The monoisotopic (exact) mass is 716 g/mol. The number of anilines is 5. The van der Waals surface area contributed by atoms with Crippen molar-refractivity contribution in [3.05, 3.63) is 71.7 Å². The smallest absolute Gasteiger partial charge is 0.287 e. The lowest BCUT2D eigenvalue weighted by atomic mass is 10.1. The Balaban J connectivity index is 1.09. The number of nitrogens with one attached hydrogen (secondary N) is 5. The van der Waals surface area contributed by atoms with Crippen molar-refractivity contribution >= 4 is 46.8 Å². The number of aryl methyl sites for hydroxylation is 5. The highest BCUT2D eigenvalue weighted by Crippen LogP contribution is 2.22. The minimum atomic E-state index is -0.459. The van der Waals surface area contributed by atoms with E-state index in [0.29, 0.717) is 84.3 Å². The number of nitrogens with two attached hydrogens (primary N) is 3. The van der Waals surface area contributed by atoms with Crippen molar-refractivity contribution in [1.82, 2.24) is 53.7 Å². The quantitative estimate of drug-likeness (QED) is 0.0716. The SMILES string of the molecule is CCNC(=O)c1nc(C(N)CCNC(=O)c2cc(Nc3nc(C(N)CCNC(=O)c4cc(Nc5nc(N)cn5C)cn4C)cn3C)cn2C)cn1C. The van der Waals surface area contributed by atoms with Crippen LogP contribution in [0.15, 0.2) is 43.1 Å². The van der Waals surface area contributed by atoms with Crippen molar-refractivity contribution in [1.29, 1.82) is 0 Å². The highest BCUT2D eigenvalue weighted by atomic mass is 16.2. The third kappa shape index (κ3) is 8.61. The molecule has 0 aliphatic heterocycles. The fraction of sp³-hybridized carbons (Fsp3) is 0.394. The molecule has 19 heteroatoms. The number of hydrogen-bond donors (Lipinski definition) is 8. The summed E-state index contributed by atoms with van der Waals surface area (Å²) in [4.78, 5) is 51.4. The number of hydrogen-bond acceptors (Lipinski definition) is 11. The maximum Gasteiger partial charge on any atom is 0.287 e. The topological polar surface area (TPSA) is 253 Å². The van der Waals surface area contributed by atoms with Gasteiger partial charge in [0, 0.05) is 85.9 Å². The van der Waals surface area contributed by atoms with E-state index in [1.807, 2.05) is 31.8 Å². The van der Waals surface area contributed by atoms with Crippen LogP contribution in [0.5, 0.6) is 0 Å². The molecule has 0 aliphatic rings. The molecule has 5 aromatic heterocycles. The Morgan fingerprint density at radius 3 is 1.62 bits per heavy atom. The third-order valence-electron chi connectivity index (χ3n) is 8.45.